The number of nitrogens with two attached hydrogens (primary N) is 1. The van der Waals surface area contributed by atoms with E-state index in [-0.39, 0.29) is 18.4 Å². The molecule has 3 rings (SSSR count). The van der Waals surface area contributed by atoms with Gasteiger partial charge >= 0.3 is 0 Å². The van der Waals surface area contributed by atoms with Gasteiger partial charge in [0.1, 0.15) is 0 Å². The molecule has 94 valence electrons. The Hall–Kier alpha value is -1.06. The van der Waals surface area contributed by atoms with Crippen LogP contribution in [0.25, 0.3) is 0 Å². The summed E-state index contributed by atoms with van der Waals surface area (Å²) >= 11 is 0. The van der Waals surface area contributed by atoms with Crippen LogP contribution in [-0.2, 0) is 9.59 Å². The lowest BCUT2D eigenvalue weighted by molar-refractivity contribution is -0.127. The molecule has 4 heteroatoms. The van der Waals surface area contributed by atoms with Crippen molar-refractivity contribution in [3.8, 4) is 0 Å². The predicted molar refractivity (Wildman–Crippen MR) is 62.7 cm³/mol. The van der Waals surface area contributed by atoms with Gasteiger partial charge in [0.05, 0.1) is 6.54 Å². The van der Waals surface area contributed by atoms with Crippen LogP contribution in [0.4, 0.5) is 0 Å². The fraction of sp³-hybridized carbons (Fsp3) is 0.846. The van der Waals surface area contributed by atoms with E-state index >= 15 is 0 Å². The minimum Gasteiger partial charge on any atom is -0.368 e. The Bertz CT molecular complexity index is 376. The molecular formula is C13H20N2O2. The standard InChI is InChI=1S/C13H20N2O2/c1-7-2-3-8-4-13(11(7)8)5-9(13)12(17)15-6-10(14)16/h7-9,11H,2-6H2,1H3,(H2,14,16)(H,15,17). The van der Waals surface area contributed by atoms with Crippen LogP contribution in [0.1, 0.15) is 32.6 Å². The Labute approximate surface area is 101 Å². The summed E-state index contributed by atoms with van der Waals surface area (Å²) in [4.78, 5) is 22.5. The number of fused-ring (bicyclic) bond motifs is 2. The molecule has 5 atom stereocenters. The summed E-state index contributed by atoms with van der Waals surface area (Å²) in [6.45, 7) is 2.30. The van der Waals surface area contributed by atoms with Gasteiger partial charge in [0, 0.05) is 5.92 Å². The van der Waals surface area contributed by atoms with Crippen molar-refractivity contribution in [1.29, 1.82) is 0 Å². The lowest BCUT2D eigenvalue weighted by atomic mass is 9.60. The highest BCUT2D eigenvalue weighted by atomic mass is 16.2. The van der Waals surface area contributed by atoms with E-state index < -0.39 is 5.91 Å². The molecule has 0 aromatic rings. The monoisotopic (exact) mass is 236 g/mol. The topological polar surface area (TPSA) is 72.2 Å². The zero-order valence-corrected chi connectivity index (χ0v) is 10.2. The Morgan fingerprint density at radius 2 is 2.12 bits per heavy atom. The van der Waals surface area contributed by atoms with Crippen molar-refractivity contribution in [3.05, 3.63) is 0 Å². The van der Waals surface area contributed by atoms with Crippen LogP contribution in [0.5, 0.6) is 0 Å². The number of hydrogen-bond acceptors (Lipinski definition) is 2. The summed E-state index contributed by atoms with van der Waals surface area (Å²) in [7, 11) is 0. The SMILES string of the molecule is CC1CCC2CC3(CC3C(=O)NCC(N)=O)C12. The van der Waals surface area contributed by atoms with E-state index in [4.69, 9.17) is 5.73 Å². The van der Waals surface area contributed by atoms with Crippen molar-refractivity contribution < 1.29 is 9.59 Å². The summed E-state index contributed by atoms with van der Waals surface area (Å²) in [5, 5.41) is 2.65. The van der Waals surface area contributed by atoms with E-state index in [0.29, 0.717) is 5.41 Å². The second kappa shape index (κ2) is 3.47. The third-order valence-corrected chi connectivity index (χ3v) is 5.29. The summed E-state index contributed by atoms with van der Waals surface area (Å²) < 4.78 is 0. The van der Waals surface area contributed by atoms with Crippen LogP contribution in [0.3, 0.4) is 0 Å². The molecule has 0 radical (unpaired) electrons. The van der Waals surface area contributed by atoms with Crippen LogP contribution >= 0.6 is 0 Å². The maximum Gasteiger partial charge on any atom is 0.236 e. The molecule has 1 spiro atoms. The summed E-state index contributed by atoms with van der Waals surface area (Å²) in [5.74, 6) is 2.16. The summed E-state index contributed by atoms with van der Waals surface area (Å²) in [5.41, 5.74) is 5.34. The second-order valence-electron chi connectivity index (χ2n) is 6.22. The fourth-order valence-corrected chi connectivity index (χ4v) is 4.60. The minimum absolute atomic E-state index is 0.0188. The van der Waals surface area contributed by atoms with Crippen molar-refractivity contribution in [2.75, 3.05) is 6.54 Å². The van der Waals surface area contributed by atoms with Crippen LogP contribution in [0.2, 0.25) is 0 Å². The van der Waals surface area contributed by atoms with Gasteiger partial charge in [0.25, 0.3) is 0 Å². The molecule has 0 bridgehead atoms. The zero-order chi connectivity index (χ0) is 12.2. The number of nitrogens with one attached hydrogen (secondary N) is 1. The highest BCUT2D eigenvalue weighted by molar-refractivity contribution is 5.87. The molecule has 3 fully saturated rings. The zero-order valence-electron chi connectivity index (χ0n) is 10.2. The average molecular weight is 236 g/mol. The molecule has 3 aliphatic carbocycles. The first-order chi connectivity index (χ1) is 8.04. The average Bonchev–Trinajstić information content (AvgIpc) is 2.91. The lowest BCUT2D eigenvalue weighted by Crippen LogP contribution is -2.42. The van der Waals surface area contributed by atoms with Gasteiger partial charge in [-0.3, -0.25) is 9.59 Å². The lowest BCUT2D eigenvalue weighted by Gasteiger charge is -2.44. The molecule has 5 unspecified atom stereocenters. The summed E-state index contributed by atoms with van der Waals surface area (Å²) in [6.07, 6.45) is 4.94. The van der Waals surface area contributed by atoms with Gasteiger partial charge in [-0.15, -0.1) is 0 Å². The number of amides is 2. The maximum absolute atomic E-state index is 11.9. The van der Waals surface area contributed by atoms with Crippen LogP contribution < -0.4 is 11.1 Å². The highest BCUT2D eigenvalue weighted by Crippen LogP contribution is 2.75. The van der Waals surface area contributed by atoms with Crippen molar-refractivity contribution in [3.63, 3.8) is 0 Å². The van der Waals surface area contributed by atoms with Gasteiger partial charge < -0.3 is 11.1 Å². The first-order valence-corrected chi connectivity index (χ1v) is 6.60. The highest BCUT2D eigenvalue weighted by Gasteiger charge is 2.71. The smallest absolute Gasteiger partial charge is 0.236 e. The molecule has 3 saturated carbocycles. The van der Waals surface area contributed by atoms with Crippen molar-refractivity contribution in [2.24, 2.45) is 34.8 Å². The van der Waals surface area contributed by atoms with E-state index in [1.165, 1.54) is 19.3 Å². The quantitative estimate of drug-likeness (QED) is 0.755. The van der Waals surface area contributed by atoms with Crippen LogP contribution in [0, 0.1) is 29.1 Å². The molecule has 0 saturated heterocycles. The van der Waals surface area contributed by atoms with Crippen LogP contribution in [-0.4, -0.2) is 18.4 Å². The number of carbonyl (C=O) groups is 2. The molecule has 3 aliphatic rings. The second-order valence-corrected chi connectivity index (χ2v) is 6.22. The molecular weight excluding hydrogens is 216 g/mol. The molecule has 0 heterocycles. The largest absolute Gasteiger partial charge is 0.368 e. The van der Waals surface area contributed by atoms with E-state index in [1.807, 2.05) is 0 Å². The van der Waals surface area contributed by atoms with E-state index in [1.54, 1.807) is 0 Å². The minimum atomic E-state index is -0.464. The molecule has 4 nitrogen and oxygen atoms in total. The van der Waals surface area contributed by atoms with Crippen molar-refractivity contribution in [1.82, 2.24) is 5.32 Å². The third kappa shape index (κ3) is 1.49. The molecule has 0 aromatic heterocycles. The van der Waals surface area contributed by atoms with Gasteiger partial charge in [0.15, 0.2) is 0 Å². The Morgan fingerprint density at radius 1 is 1.35 bits per heavy atom. The summed E-state index contributed by atoms with van der Waals surface area (Å²) in [6, 6.07) is 0. The molecule has 17 heavy (non-hydrogen) atoms. The van der Waals surface area contributed by atoms with E-state index in [9.17, 15) is 9.59 Å². The van der Waals surface area contributed by atoms with E-state index in [0.717, 1.165) is 24.2 Å². The number of rotatable bonds is 3. The maximum atomic E-state index is 11.9. The molecule has 0 aromatic carbocycles. The number of carbonyl (C=O) groups excluding carboxylic acids is 2. The van der Waals surface area contributed by atoms with E-state index in [2.05, 4.69) is 12.2 Å². The van der Waals surface area contributed by atoms with Crippen molar-refractivity contribution in [2.45, 2.75) is 32.6 Å². The van der Waals surface area contributed by atoms with Crippen LogP contribution in [0.15, 0.2) is 0 Å². The predicted octanol–water partition coefficient (Wildman–Crippen LogP) is 0.660. The normalized spacial score (nSPS) is 46.2. The Balaban J connectivity index is 1.59. The fourth-order valence-electron chi connectivity index (χ4n) is 4.60. The number of hydrogen-bond donors (Lipinski definition) is 2. The van der Waals surface area contributed by atoms with Gasteiger partial charge in [-0.2, -0.15) is 0 Å². The van der Waals surface area contributed by atoms with Gasteiger partial charge in [-0.1, -0.05) is 13.3 Å². The Morgan fingerprint density at radius 3 is 2.76 bits per heavy atom. The first-order valence-electron chi connectivity index (χ1n) is 6.60. The molecule has 0 aliphatic heterocycles. The van der Waals surface area contributed by atoms with Gasteiger partial charge in [-0.25, -0.2) is 0 Å². The van der Waals surface area contributed by atoms with Crippen molar-refractivity contribution >= 4 is 11.8 Å². The Kier molecular flexibility index (Phi) is 2.25. The third-order valence-electron chi connectivity index (χ3n) is 5.29. The molecule has 2 amide bonds. The first kappa shape index (κ1) is 11.1. The van der Waals surface area contributed by atoms with Gasteiger partial charge in [-0.05, 0) is 42.4 Å². The van der Waals surface area contributed by atoms with Gasteiger partial charge in [0.2, 0.25) is 11.8 Å². The molecule has 3 N–H and O–H groups in total. The number of primary amides is 1.